The van der Waals surface area contributed by atoms with E-state index in [1.54, 1.807) is 6.92 Å². The second-order valence-corrected chi connectivity index (χ2v) is 6.05. The van der Waals surface area contributed by atoms with Crippen LogP contribution in [0.25, 0.3) is 0 Å². The molecular formula is C16H26ClNO3. The number of rotatable bonds is 10. The van der Waals surface area contributed by atoms with Crippen LogP contribution in [0, 0.1) is 0 Å². The number of ether oxygens (including phenoxy) is 1. The molecule has 4 nitrogen and oxygen atoms in total. The van der Waals surface area contributed by atoms with Gasteiger partial charge in [0.2, 0.25) is 0 Å². The Hall–Kier alpha value is -0.650. The molecular weight excluding hydrogens is 290 g/mol. The second kappa shape index (κ2) is 9.38. The molecule has 0 aliphatic rings. The monoisotopic (exact) mass is 315 g/mol. The molecule has 0 aliphatic heterocycles. The van der Waals surface area contributed by atoms with E-state index in [9.17, 15) is 10.2 Å². The van der Waals surface area contributed by atoms with E-state index < -0.39 is 11.7 Å². The first-order valence-corrected chi connectivity index (χ1v) is 7.74. The van der Waals surface area contributed by atoms with Crippen LogP contribution in [0.5, 0.6) is 0 Å². The Morgan fingerprint density at radius 3 is 2.76 bits per heavy atom. The van der Waals surface area contributed by atoms with Crippen molar-refractivity contribution in [3.05, 3.63) is 34.9 Å². The lowest BCUT2D eigenvalue weighted by Gasteiger charge is -2.24. The highest BCUT2D eigenvalue weighted by Gasteiger charge is 2.18. The molecule has 1 aromatic carbocycles. The summed E-state index contributed by atoms with van der Waals surface area (Å²) in [5, 5.41) is 23.5. The Labute approximate surface area is 132 Å². The smallest absolute Gasteiger partial charge is 0.0897 e. The van der Waals surface area contributed by atoms with E-state index in [4.69, 9.17) is 16.3 Å². The van der Waals surface area contributed by atoms with Gasteiger partial charge in [0.1, 0.15) is 0 Å². The van der Waals surface area contributed by atoms with E-state index in [2.05, 4.69) is 5.32 Å². The molecule has 0 heterocycles. The summed E-state index contributed by atoms with van der Waals surface area (Å²) in [7, 11) is 0. The summed E-state index contributed by atoms with van der Waals surface area (Å²) in [4.78, 5) is 0. The number of benzene rings is 1. The van der Waals surface area contributed by atoms with Gasteiger partial charge in [-0.25, -0.2) is 0 Å². The number of halogens is 1. The minimum absolute atomic E-state index is 0.230. The molecule has 0 saturated heterocycles. The van der Waals surface area contributed by atoms with Crippen molar-refractivity contribution in [1.29, 1.82) is 0 Å². The van der Waals surface area contributed by atoms with Crippen molar-refractivity contribution >= 4 is 11.6 Å². The van der Waals surface area contributed by atoms with Gasteiger partial charge in [-0.2, -0.15) is 0 Å². The number of aliphatic hydroxyl groups is 2. The van der Waals surface area contributed by atoms with Gasteiger partial charge >= 0.3 is 0 Å². The molecule has 21 heavy (non-hydrogen) atoms. The highest BCUT2D eigenvalue weighted by Crippen LogP contribution is 2.15. The zero-order valence-corrected chi connectivity index (χ0v) is 13.6. The van der Waals surface area contributed by atoms with Crippen LogP contribution < -0.4 is 5.32 Å². The molecule has 120 valence electrons. The van der Waals surface area contributed by atoms with Crippen LogP contribution in [0.3, 0.4) is 0 Å². The van der Waals surface area contributed by atoms with E-state index in [-0.39, 0.29) is 6.61 Å². The minimum atomic E-state index is -0.729. The molecule has 0 radical (unpaired) electrons. The lowest BCUT2D eigenvalue weighted by atomic mass is 10.0. The van der Waals surface area contributed by atoms with Gasteiger partial charge in [0.05, 0.1) is 24.9 Å². The van der Waals surface area contributed by atoms with Gasteiger partial charge < -0.3 is 20.3 Å². The third-order valence-electron chi connectivity index (χ3n) is 3.20. The summed E-state index contributed by atoms with van der Waals surface area (Å²) < 4.78 is 5.46. The average molecular weight is 316 g/mol. The van der Waals surface area contributed by atoms with Crippen molar-refractivity contribution < 1.29 is 14.9 Å². The summed E-state index contributed by atoms with van der Waals surface area (Å²) in [5.41, 5.74) is 0.178. The summed E-state index contributed by atoms with van der Waals surface area (Å²) in [6.07, 6.45) is 1.06. The van der Waals surface area contributed by atoms with Crippen molar-refractivity contribution in [2.45, 2.75) is 45.0 Å². The van der Waals surface area contributed by atoms with E-state index in [1.165, 1.54) is 0 Å². The highest BCUT2D eigenvalue weighted by molar-refractivity contribution is 6.31. The Morgan fingerprint density at radius 1 is 1.38 bits per heavy atom. The van der Waals surface area contributed by atoms with Crippen LogP contribution in [-0.2, 0) is 11.3 Å². The fraction of sp³-hybridized carbons (Fsp3) is 0.625. The maximum Gasteiger partial charge on any atom is 0.0897 e. The standard InChI is InChI=1S/C16H26ClNO3/c1-3-8-16(2,20)12-18-9-14(19)11-21-10-13-6-4-5-7-15(13)17/h4-7,14,18-20H,3,8-12H2,1-2H3. The molecule has 0 amide bonds. The highest BCUT2D eigenvalue weighted by atomic mass is 35.5. The number of hydrogen-bond donors (Lipinski definition) is 3. The van der Waals surface area contributed by atoms with Gasteiger partial charge in [0.25, 0.3) is 0 Å². The Balaban J connectivity index is 2.17. The van der Waals surface area contributed by atoms with Gasteiger partial charge in [-0.1, -0.05) is 43.1 Å². The van der Waals surface area contributed by atoms with Gasteiger partial charge in [0.15, 0.2) is 0 Å². The molecule has 2 unspecified atom stereocenters. The molecule has 0 fully saturated rings. The van der Waals surface area contributed by atoms with Crippen molar-refractivity contribution in [2.75, 3.05) is 19.7 Å². The molecule has 2 atom stereocenters. The fourth-order valence-electron chi connectivity index (χ4n) is 2.11. The summed E-state index contributed by atoms with van der Waals surface area (Å²) >= 11 is 6.02. The molecule has 0 bridgehead atoms. The number of aliphatic hydroxyl groups excluding tert-OH is 1. The lowest BCUT2D eigenvalue weighted by molar-refractivity contribution is 0.0188. The number of nitrogens with one attached hydrogen (secondary N) is 1. The minimum Gasteiger partial charge on any atom is -0.389 e. The van der Waals surface area contributed by atoms with Crippen LogP contribution in [0.4, 0.5) is 0 Å². The van der Waals surface area contributed by atoms with Crippen LogP contribution in [0.15, 0.2) is 24.3 Å². The second-order valence-electron chi connectivity index (χ2n) is 5.64. The topological polar surface area (TPSA) is 61.7 Å². The van der Waals surface area contributed by atoms with E-state index in [0.717, 1.165) is 18.4 Å². The molecule has 0 aromatic heterocycles. The van der Waals surface area contributed by atoms with Crippen molar-refractivity contribution in [2.24, 2.45) is 0 Å². The predicted octanol–water partition coefficient (Wildman–Crippen LogP) is 2.36. The van der Waals surface area contributed by atoms with E-state index in [0.29, 0.717) is 24.7 Å². The zero-order valence-electron chi connectivity index (χ0n) is 12.8. The molecule has 3 N–H and O–H groups in total. The van der Waals surface area contributed by atoms with Crippen molar-refractivity contribution in [1.82, 2.24) is 5.32 Å². The van der Waals surface area contributed by atoms with Gasteiger partial charge in [-0.05, 0) is 25.0 Å². The SMILES string of the molecule is CCCC(C)(O)CNCC(O)COCc1ccccc1Cl. The Kier molecular flexibility index (Phi) is 8.22. The largest absolute Gasteiger partial charge is 0.389 e. The Morgan fingerprint density at radius 2 is 2.10 bits per heavy atom. The van der Waals surface area contributed by atoms with Crippen molar-refractivity contribution in [3.8, 4) is 0 Å². The maximum absolute atomic E-state index is 9.99. The maximum atomic E-state index is 9.99. The number of hydrogen-bond acceptors (Lipinski definition) is 4. The summed E-state index contributed by atoms with van der Waals surface area (Å²) in [5.74, 6) is 0. The zero-order chi connectivity index (χ0) is 15.7. The fourth-order valence-corrected chi connectivity index (χ4v) is 2.30. The molecule has 0 saturated carbocycles. The predicted molar refractivity (Wildman–Crippen MR) is 85.5 cm³/mol. The third kappa shape index (κ3) is 7.79. The molecule has 5 heteroatoms. The van der Waals surface area contributed by atoms with Crippen molar-refractivity contribution in [3.63, 3.8) is 0 Å². The van der Waals surface area contributed by atoms with Gasteiger partial charge in [0, 0.05) is 18.1 Å². The third-order valence-corrected chi connectivity index (χ3v) is 3.57. The van der Waals surface area contributed by atoms with Crippen LogP contribution in [-0.4, -0.2) is 41.6 Å². The molecule has 1 aromatic rings. The van der Waals surface area contributed by atoms with E-state index in [1.807, 2.05) is 31.2 Å². The molecule has 1 rings (SSSR count). The van der Waals surface area contributed by atoms with Gasteiger partial charge in [-0.3, -0.25) is 0 Å². The van der Waals surface area contributed by atoms with Crippen LogP contribution >= 0.6 is 11.6 Å². The first kappa shape index (κ1) is 18.4. The molecule has 0 spiro atoms. The first-order chi connectivity index (χ1) is 9.94. The quantitative estimate of drug-likeness (QED) is 0.620. The first-order valence-electron chi connectivity index (χ1n) is 7.37. The average Bonchev–Trinajstić information content (AvgIpc) is 2.40. The van der Waals surface area contributed by atoms with Crippen LogP contribution in [0.2, 0.25) is 5.02 Å². The summed E-state index contributed by atoms with van der Waals surface area (Å²) in [6.45, 7) is 5.29. The molecule has 0 aliphatic carbocycles. The lowest BCUT2D eigenvalue weighted by Crippen LogP contribution is -2.41. The van der Waals surface area contributed by atoms with Gasteiger partial charge in [-0.15, -0.1) is 0 Å². The van der Waals surface area contributed by atoms with Crippen LogP contribution in [0.1, 0.15) is 32.3 Å². The summed E-state index contributed by atoms with van der Waals surface area (Å²) in [6, 6.07) is 7.48. The van der Waals surface area contributed by atoms with E-state index >= 15 is 0 Å². The normalized spacial score (nSPS) is 15.7. The Bertz CT molecular complexity index is 412.